The Morgan fingerprint density at radius 1 is 1.53 bits per heavy atom. The molecule has 0 radical (unpaired) electrons. The molecule has 0 saturated carbocycles. The van der Waals surface area contributed by atoms with Gasteiger partial charge >= 0.3 is 0 Å². The first kappa shape index (κ1) is 12.6. The summed E-state index contributed by atoms with van der Waals surface area (Å²) in [5.74, 6) is 0.170. The second-order valence-corrected chi connectivity index (χ2v) is 5.37. The molecule has 4 heteroatoms. The molecule has 1 fully saturated rings. The van der Waals surface area contributed by atoms with E-state index in [1.165, 1.54) is 24.8 Å². The van der Waals surface area contributed by atoms with Gasteiger partial charge in [0, 0.05) is 19.0 Å². The minimum Gasteiger partial charge on any atom is -0.352 e. The second kappa shape index (κ2) is 6.77. The third kappa shape index (κ3) is 4.48. The highest BCUT2D eigenvalue weighted by Crippen LogP contribution is 2.11. The van der Waals surface area contributed by atoms with Crippen LogP contribution in [0.15, 0.2) is 16.8 Å². The molecule has 1 aliphatic rings. The van der Waals surface area contributed by atoms with Crippen molar-refractivity contribution < 1.29 is 4.79 Å². The van der Waals surface area contributed by atoms with Crippen LogP contribution in [-0.2, 0) is 11.3 Å². The number of rotatable bonds is 5. The van der Waals surface area contributed by atoms with Crippen LogP contribution in [0.25, 0.3) is 0 Å². The number of amides is 1. The average Bonchev–Trinajstić information content (AvgIpc) is 2.88. The van der Waals surface area contributed by atoms with E-state index in [1.807, 2.05) is 11.4 Å². The molecule has 17 heavy (non-hydrogen) atoms. The molecule has 94 valence electrons. The number of carbonyl (C=O) groups excluding carboxylic acids is 1. The van der Waals surface area contributed by atoms with Crippen molar-refractivity contribution in [2.75, 3.05) is 6.54 Å². The molecule has 0 spiro atoms. The summed E-state index contributed by atoms with van der Waals surface area (Å²) in [7, 11) is 0. The van der Waals surface area contributed by atoms with E-state index >= 15 is 0 Å². The Kier molecular flexibility index (Phi) is 5.01. The van der Waals surface area contributed by atoms with Gasteiger partial charge < -0.3 is 10.6 Å². The van der Waals surface area contributed by atoms with Gasteiger partial charge in [-0.15, -0.1) is 0 Å². The highest BCUT2D eigenvalue weighted by atomic mass is 32.1. The van der Waals surface area contributed by atoms with Crippen LogP contribution >= 0.6 is 11.3 Å². The quantitative estimate of drug-likeness (QED) is 0.844. The lowest BCUT2D eigenvalue weighted by Gasteiger charge is -2.23. The van der Waals surface area contributed by atoms with E-state index in [1.54, 1.807) is 11.3 Å². The molecule has 1 aliphatic heterocycles. The first-order valence-electron chi connectivity index (χ1n) is 6.36. The SMILES string of the molecule is O=C(CCC1CCCCN1)NCc1ccsc1. The molecule has 2 heterocycles. The summed E-state index contributed by atoms with van der Waals surface area (Å²) < 4.78 is 0. The Balaban J connectivity index is 1.60. The highest BCUT2D eigenvalue weighted by molar-refractivity contribution is 7.07. The maximum absolute atomic E-state index is 11.6. The Morgan fingerprint density at radius 2 is 2.47 bits per heavy atom. The smallest absolute Gasteiger partial charge is 0.220 e. The third-order valence-corrected chi connectivity index (χ3v) is 3.93. The molecular weight excluding hydrogens is 232 g/mol. The Bertz CT molecular complexity index is 331. The van der Waals surface area contributed by atoms with Gasteiger partial charge in [-0.25, -0.2) is 0 Å². The summed E-state index contributed by atoms with van der Waals surface area (Å²) >= 11 is 1.67. The largest absolute Gasteiger partial charge is 0.352 e. The maximum atomic E-state index is 11.6. The van der Waals surface area contributed by atoms with E-state index in [-0.39, 0.29) is 5.91 Å². The zero-order valence-electron chi connectivity index (χ0n) is 10.1. The van der Waals surface area contributed by atoms with E-state index in [2.05, 4.69) is 16.0 Å². The minimum atomic E-state index is 0.170. The fourth-order valence-electron chi connectivity index (χ4n) is 2.16. The fraction of sp³-hybridized carbons (Fsp3) is 0.615. The van der Waals surface area contributed by atoms with Gasteiger partial charge in [-0.2, -0.15) is 11.3 Å². The Labute approximate surface area is 107 Å². The number of thiophene rings is 1. The minimum absolute atomic E-state index is 0.170. The van der Waals surface area contributed by atoms with E-state index in [9.17, 15) is 4.79 Å². The molecule has 0 bridgehead atoms. The average molecular weight is 252 g/mol. The van der Waals surface area contributed by atoms with Gasteiger partial charge in [0.05, 0.1) is 0 Å². The van der Waals surface area contributed by atoms with Crippen LogP contribution in [0.2, 0.25) is 0 Å². The van der Waals surface area contributed by atoms with Gasteiger partial charge in [0.25, 0.3) is 0 Å². The predicted molar refractivity (Wildman–Crippen MR) is 71.0 cm³/mol. The van der Waals surface area contributed by atoms with Gasteiger partial charge in [-0.3, -0.25) is 4.79 Å². The summed E-state index contributed by atoms with van der Waals surface area (Å²) in [6.07, 6.45) is 5.41. The summed E-state index contributed by atoms with van der Waals surface area (Å²) in [4.78, 5) is 11.6. The molecule has 1 unspecified atom stereocenters. The Hall–Kier alpha value is -0.870. The van der Waals surface area contributed by atoms with Crippen molar-refractivity contribution >= 4 is 17.2 Å². The van der Waals surface area contributed by atoms with E-state index in [0.29, 0.717) is 19.0 Å². The standard InChI is InChI=1S/C13H20N2OS/c16-13(15-9-11-6-8-17-10-11)5-4-12-3-1-2-7-14-12/h6,8,10,12,14H,1-5,7,9H2,(H,15,16). The number of carbonyl (C=O) groups is 1. The second-order valence-electron chi connectivity index (χ2n) is 4.59. The van der Waals surface area contributed by atoms with Crippen LogP contribution in [-0.4, -0.2) is 18.5 Å². The first-order valence-corrected chi connectivity index (χ1v) is 7.30. The number of hydrogen-bond acceptors (Lipinski definition) is 3. The predicted octanol–water partition coefficient (Wildman–Crippen LogP) is 2.29. The van der Waals surface area contributed by atoms with E-state index in [0.717, 1.165) is 13.0 Å². The summed E-state index contributed by atoms with van der Waals surface area (Å²) in [6.45, 7) is 1.78. The van der Waals surface area contributed by atoms with Crippen molar-refractivity contribution in [1.82, 2.24) is 10.6 Å². The monoisotopic (exact) mass is 252 g/mol. The zero-order valence-corrected chi connectivity index (χ0v) is 10.9. The summed E-state index contributed by atoms with van der Waals surface area (Å²) in [5, 5.41) is 10.5. The van der Waals surface area contributed by atoms with Crippen LogP contribution in [0.1, 0.15) is 37.7 Å². The van der Waals surface area contributed by atoms with Crippen LogP contribution < -0.4 is 10.6 Å². The molecule has 2 rings (SSSR count). The van der Waals surface area contributed by atoms with Gasteiger partial charge in [-0.1, -0.05) is 6.42 Å². The van der Waals surface area contributed by atoms with Crippen LogP contribution in [0.3, 0.4) is 0 Å². The molecule has 0 aromatic carbocycles. The number of piperidine rings is 1. The number of nitrogens with one attached hydrogen (secondary N) is 2. The molecule has 1 saturated heterocycles. The van der Waals surface area contributed by atoms with Gasteiger partial charge in [-0.05, 0) is 48.2 Å². The topological polar surface area (TPSA) is 41.1 Å². The van der Waals surface area contributed by atoms with Gasteiger partial charge in [0.1, 0.15) is 0 Å². The Morgan fingerprint density at radius 3 is 3.18 bits per heavy atom. The lowest BCUT2D eigenvalue weighted by atomic mass is 10.0. The van der Waals surface area contributed by atoms with Crippen LogP contribution in [0.5, 0.6) is 0 Å². The molecule has 1 atom stereocenters. The highest BCUT2D eigenvalue weighted by Gasteiger charge is 2.13. The van der Waals surface area contributed by atoms with Crippen LogP contribution in [0.4, 0.5) is 0 Å². The lowest BCUT2D eigenvalue weighted by molar-refractivity contribution is -0.121. The van der Waals surface area contributed by atoms with Gasteiger partial charge in [0.15, 0.2) is 0 Å². The maximum Gasteiger partial charge on any atom is 0.220 e. The van der Waals surface area contributed by atoms with E-state index < -0.39 is 0 Å². The van der Waals surface area contributed by atoms with Crippen molar-refractivity contribution in [3.05, 3.63) is 22.4 Å². The molecule has 2 N–H and O–H groups in total. The molecule has 3 nitrogen and oxygen atoms in total. The molecular formula is C13H20N2OS. The molecule has 0 aliphatic carbocycles. The lowest BCUT2D eigenvalue weighted by Crippen LogP contribution is -2.35. The van der Waals surface area contributed by atoms with Crippen molar-refractivity contribution in [1.29, 1.82) is 0 Å². The van der Waals surface area contributed by atoms with Gasteiger partial charge in [0.2, 0.25) is 5.91 Å². The van der Waals surface area contributed by atoms with Crippen LogP contribution in [0, 0.1) is 0 Å². The van der Waals surface area contributed by atoms with E-state index in [4.69, 9.17) is 0 Å². The molecule has 1 aromatic heterocycles. The molecule has 1 amide bonds. The summed E-state index contributed by atoms with van der Waals surface area (Å²) in [6, 6.07) is 2.60. The normalized spacial score (nSPS) is 20.1. The molecule has 1 aromatic rings. The van der Waals surface area contributed by atoms with Crippen molar-refractivity contribution in [2.45, 2.75) is 44.7 Å². The fourth-order valence-corrected chi connectivity index (χ4v) is 2.83. The van der Waals surface area contributed by atoms with Crippen molar-refractivity contribution in [2.24, 2.45) is 0 Å². The number of hydrogen-bond donors (Lipinski definition) is 2. The third-order valence-electron chi connectivity index (χ3n) is 3.20. The summed E-state index contributed by atoms with van der Waals surface area (Å²) in [5.41, 5.74) is 1.19. The zero-order chi connectivity index (χ0) is 11.9. The first-order chi connectivity index (χ1) is 8.34. The van der Waals surface area contributed by atoms with Crippen molar-refractivity contribution in [3.8, 4) is 0 Å². The van der Waals surface area contributed by atoms with Crippen molar-refractivity contribution in [3.63, 3.8) is 0 Å².